The highest BCUT2D eigenvalue weighted by atomic mass is 32.1. The second-order valence-electron chi connectivity index (χ2n) is 2.99. The molecule has 0 aliphatic heterocycles. The molecule has 2 aromatic rings. The van der Waals surface area contributed by atoms with Crippen LogP contribution in [0.2, 0.25) is 0 Å². The Morgan fingerprint density at radius 3 is 2.65 bits per heavy atom. The van der Waals surface area contributed by atoms with Gasteiger partial charge in [0, 0.05) is 6.92 Å². The van der Waals surface area contributed by atoms with Crippen LogP contribution in [0.15, 0.2) is 4.52 Å². The Hall–Kier alpha value is -1.71. The maximum absolute atomic E-state index is 12.2. The number of hydrogen-bond donors (Lipinski definition) is 1. The quantitative estimate of drug-likeness (QED) is 0.912. The van der Waals surface area contributed by atoms with E-state index >= 15 is 0 Å². The monoisotopic (exact) mass is 265 g/mol. The fourth-order valence-electron chi connectivity index (χ4n) is 0.977. The first-order chi connectivity index (χ1) is 7.95. The van der Waals surface area contributed by atoms with Crippen LogP contribution in [0, 0.1) is 6.92 Å². The second kappa shape index (κ2) is 4.28. The van der Waals surface area contributed by atoms with E-state index in [-0.39, 0.29) is 11.7 Å². The van der Waals surface area contributed by atoms with Gasteiger partial charge < -0.3 is 9.84 Å². The second-order valence-corrected chi connectivity index (χ2v) is 3.97. The molecule has 10 heteroatoms. The summed E-state index contributed by atoms with van der Waals surface area (Å²) in [4.78, 5) is 3.88. The van der Waals surface area contributed by atoms with Gasteiger partial charge in [0.1, 0.15) is 0 Å². The first-order valence-corrected chi connectivity index (χ1v) is 5.20. The number of hydrogen-bond acceptors (Lipinski definition) is 7. The molecule has 0 atom stereocenters. The van der Waals surface area contributed by atoms with Crippen LogP contribution in [0.4, 0.5) is 18.3 Å². The average molecular weight is 265 g/mol. The Morgan fingerprint density at radius 2 is 2.12 bits per heavy atom. The van der Waals surface area contributed by atoms with Gasteiger partial charge in [0.25, 0.3) is 0 Å². The Labute approximate surface area is 96.9 Å². The molecule has 0 spiro atoms. The highest BCUT2D eigenvalue weighted by Crippen LogP contribution is 2.32. The normalized spacial score (nSPS) is 11.8. The molecular weight excluding hydrogens is 259 g/mol. The number of rotatable bonds is 3. The van der Waals surface area contributed by atoms with Gasteiger partial charge in [-0.25, -0.2) is 0 Å². The van der Waals surface area contributed by atoms with Gasteiger partial charge in [-0.2, -0.15) is 18.2 Å². The highest BCUT2D eigenvalue weighted by molar-refractivity contribution is 7.15. The largest absolute Gasteiger partial charge is 0.445 e. The standard InChI is InChI=1S/C7H6F3N5OS/c1-3-12-4(15-16-3)2-11-6-14-13-5(17-6)7(8,9)10/h2H2,1H3,(H,11,14). The van der Waals surface area contributed by atoms with Crippen molar-refractivity contribution in [1.29, 1.82) is 0 Å². The van der Waals surface area contributed by atoms with E-state index in [1.165, 1.54) is 0 Å². The molecule has 0 saturated heterocycles. The number of aryl methyl sites for hydroxylation is 1. The van der Waals surface area contributed by atoms with Crippen molar-refractivity contribution in [1.82, 2.24) is 20.3 Å². The Balaban J connectivity index is 1.98. The van der Waals surface area contributed by atoms with E-state index in [1.54, 1.807) is 6.92 Å². The first-order valence-electron chi connectivity index (χ1n) is 4.39. The molecule has 0 saturated carbocycles. The molecule has 0 bridgehead atoms. The third-order valence-corrected chi connectivity index (χ3v) is 2.56. The van der Waals surface area contributed by atoms with Crippen molar-refractivity contribution in [2.24, 2.45) is 0 Å². The number of aromatic nitrogens is 4. The van der Waals surface area contributed by atoms with Gasteiger partial charge in [0.05, 0.1) is 6.54 Å². The van der Waals surface area contributed by atoms with Crippen LogP contribution >= 0.6 is 11.3 Å². The van der Waals surface area contributed by atoms with Gasteiger partial charge in [-0.3, -0.25) is 0 Å². The number of alkyl halides is 3. The molecule has 0 amide bonds. The lowest BCUT2D eigenvalue weighted by Crippen LogP contribution is -2.03. The molecule has 0 aromatic carbocycles. The van der Waals surface area contributed by atoms with Crippen molar-refractivity contribution in [3.05, 3.63) is 16.7 Å². The van der Waals surface area contributed by atoms with Crippen LogP contribution in [0.3, 0.4) is 0 Å². The fraction of sp³-hybridized carbons (Fsp3) is 0.429. The minimum Gasteiger partial charge on any atom is -0.353 e. The Morgan fingerprint density at radius 1 is 1.35 bits per heavy atom. The Kier molecular flexibility index (Phi) is 2.96. The van der Waals surface area contributed by atoms with Gasteiger partial charge in [-0.15, -0.1) is 10.2 Å². The molecule has 1 N–H and O–H groups in total. The minimum absolute atomic E-state index is 0.0554. The van der Waals surface area contributed by atoms with Crippen molar-refractivity contribution < 1.29 is 17.7 Å². The summed E-state index contributed by atoms with van der Waals surface area (Å²) in [7, 11) is 0. The molecule has 0 aliphatic carbocycles. The predicted molar refractivity (Wildman–Crippen MR) is 51.3 cm³/mol. The van der Waals surface area contributed by atoms with Crippen molar-refractivity contribution in [3.63, 3.8) is 0 Å². The molecule has 2 rings (SSSR count). The topological polar surface area (TPSA) is 76.7 Å². The van der Waals surface area contributed by atoms with E-state index in [4.69, 9.17) is 4.52 Å². The zero-order valence-corrected chi connectivity index (χ0v) is 9.26. The van der Waals surface area contributed by atoms with Crippen LogP contribution in [-0.2, 0) is 12.7 Å². The zero-order chi connectivity index (χ0) is 12.5. The van der Waals surface area contributed by atoms with Crippen LogP contribution in [-0.4, -0.2) is 20.3 Å². The van der Waals surface area contributed by atoms with Crippen LogP contribution in [0.25, 0.3) is 0 Å². The summed E-state index contributed by atoms with van der Waals surface area (Å²) >= 11 is 0.421. The summed E-state index contributed by atoms with van der Waals surface area (Å²) in [6.45, 7) is 1.74. The summed E-state index contributed by atoms with van der Waals surface area (Å²) in [6, 6.07) is 0. The number of nitrogens with one attached hydrogen (secondary N) is 1. The molecule has 17 heavy (non-hydrogen) atoms. The number of halogens is 3. The molecule has 2 heterocycles. The summed E-state index contributed by atoms with van der Waals surface area (Å²) in [5.74, 6) is 0.723. The highest BCUT2D eigenvalue weighted by Gasteiger charge is 2.35. The van der Waals surface area contributed by atoms with Gasteiger partial charge >= 0.3 is 6.18 Å². The maximum atomic E-state index is 12.2. The molecule has 0 fully saturated rings. The smallest absolute Gasteiger partial charge is 0.353 e. The predicted octanol–water partition coefficient (Wildman–Crippen LogP) is 1.86. The van der Waals surface area contributed by atoms with Crippen molar-refractivity contribution >= 4 is 16.5 Å². The molecular formula is C7H6F3N5OS. The van der Waals surface area contributed by atoms with E-state index in [1.807, 2.05) is 0 Å². The zero-order valence-electron chi connectivity index (χ0n) is 8.45. The van der Waals surface area contributed by atoms with Crippen molar-refractivity contribution in [2.75, 3.05) is 5.32 Å². The lowest BCUT2D eigenvalue weighted by Gasteiger charge is -1.98. The SMILES string of the molecule is Cc1nc(CNc2nnc(C(F)(F)F)s2)no1. The maximum Gasteiger partial charge on any atom is 0.445 e. The van der Waals surface area contributed by atoms with Gasteiger partial charge in [0.15, 0.2) is 5.82 Å². The van der Waals surface area contributed by atoms with E-state index in [0.717, 1.165) is 0 Å². The third kappa shape index (κ3) is 2.90. The van der Waals surface area contributed by atoms with Gasteiger partial charge in [-0.05, 0) is 0 Å². The molecule has 0 radical (unpaired) electrons. The van der Waals surface area contributed by atoms with E-state index < -0.39 is 11.2 Å². The van der Waals surface area contributed by atoms with E-state index in [0.29, 0.717) is 23.1 Å². The van der Waals surface area contributed by atoms with Crippen LogP contribution in [0.5, 0.6) is 0 Å². The van der Waals surface area contributed by atoms with E-state index in [9.17, 15) is 13.2 Å². The lowest BCUT2D eigenvalue weighted by atomic mass is 10.6. The first kappa shape index (κ1) is 11.8. The third-order valence-electron chi connectivity index (χ3n) is 1.63. The fourth-order valence-corrected chi connectivity index (χ4v) is 1.58. The summed E-state index contributed by atoms with van der Waals surface area (Å²) in [5, 5.41) is 11.6. The lowest BCUT2D eigenvalue weighted by molar-refractivity contribution is -0.138. The molecule has 0 aliphatic rings. The van der Waals surface area contributed by atoms with Gasteiger partial charge in [0.2, 0.25) is 16.0 Å². The average Bonchev–Trinajstić information content (AvgIpc) is 2.82. The van der Waals surface area contributed by atoms with Crippen LogP contribution < -0.4 is 5.32 Å². The molecule has 6 nitrogen and oxygen atoms in total. The molecule has 2 aromatic heterocycles. The van der Waals surface area contributed by atoms with Crippen molar-refractivity contribution in [2.45, 2.75) is 19.6 Å². The molecule has 92 valence electrons. The molecule has 0 unspecified atom stereocenters. The Bertz CT molecular complexity index is 508. The van der Waals surface area contributed by atoms with Crippen molar-refractivity contribution in [3.8, 4) is 0 Å². The summed E-state index contributed by atoms with van der Waals surface area (Å²) in [5.41, 5.74) is 0. The number of anilines is 1. The summed E-state index contributed by atoms with van der Waals surface area (Å²) in [6.07, 6.45) is -4.47. The van der Waals surface area contributed by atoms with Gasteiger partial charge in [-0.1, -0.05) is 16.5 Å². The minimum atomic E-state index is -4.47. The van der Waals surface area contributed by atoms with Crippen LogP contribution in [0.1, 0.15) is 16.7 Å². The summed E-state index contributed by atoms with van der Waals surface area (Å²) < 4.78 is 41.3. The number of nitrogens with zero attached hydrogens (tertiary/aromatic N) is 4. The van der Waals surface area contributed by atoms with E-state index in [2.05, 4.69) is 25.7 Å².